The van der Waals surface area contributed by atoms with E-state index in [0.717, 1.165) is 35.8 Å². The molecule has 6 heteroatoms. The zero-order valence-electron chi connectivity index (χ0n) is 12.1. The van der Waals surface area contributed by atoms with E-state index >= 15 is 0 Å². The molecule has 1 heterocycles. The Bertz CT molecular complexity index is 463. The van der Waals surface area contributed by atoms with E-state index in [9.17, 15) is 4.79 Å². The molecule has 0 saturated heterocycles. The molecule has 0 aliphatic heterocycles. The van der Waals surface area contributed by atoms with Gasteiger partial charge in [0.25, 0.3) is 0 Å². The summed E-state index contributed by atoms with van der Waals surface area (Å²) in [5.41, 5.74) is -0.534. The van der Waals surface area contributed by atoms with Crippen molar-refractivity contribution in [3.05, 3.63) is 16.0 Å². The summed E-state index contributed by atoms with van der Waals surface area (Å²) in [6.07, 6.45) is 7.41. The molecule has 2 atom stereocenters. The molecule has 0 radical (unpaired) electrons. The molecule has 20 heavy (non-hydrogen) atoms. The van der Waals surface area contributed by atoms with Crippen LogP contribution in [0.4, 0.5) is 0 Å². The maximum absolute atomic E-state index is 12.3. The van der Waals surface area contributed by atoms with Gasteiger partial charge in [0.05, 0.1) is 22.4 Å². The molecule has 1 aromatic heterocycles. The van der Waals surface area contributed by atoms with Gasteiger partial charge in [-0.25, -0.2) is 0 Å². The summed E-state index contributed by atoms with van der Waals surface area (Å²) in [5.74, 6) is -0.113. The molecular weight excluding hydrogens is 369 g/mol. The minimum Gasteiger partial charge on any atom is -0.465 e. The minimum atomic E-state index is -0.534. The van der Waals surface area contributed by atoms with Crippen LogP contribution in [0, 0.1) is 3.57 Å². The first-order valence-corrected chi connectivity index (χ1v) is 8.31. The number of carbonyl (C=O) groups excluding carboxylic acids is 1. The Morgan fingerprint density at radius 1 is 1.65 bits per heavy atom. The van der Waals surface area contributed by atoms with E-state index in [0.29, 0.717) is 6.61 Å². The van der Waals surface area contributed by atoms with Crippen LogP contribution < -0.4 is 5.32 Å². The van der Waals surface area contributed by atoms with Crippen molar-refractivity contribution in [1.29, 1.82) is 0 Å². The van der Waals surface area contributed by atoms with Gasteiger partial charge in [-0.15, -0.1) is 0 Å². The number of esters is 1. The second kappa shape index (κ2) is 6.89. The molecule has 1 N–H and O–H groups in total. The van der Waals surface area contributed by atoms with Crippen LogP contribution in [0.5, 0.6) is 0 Å². The van der Waals surface area contributed by atoms with Crippen LogP contribution in [0.1, 0.15) is 45.6 Å². The normalized spacial score (nSPS) is 25.9. The van der Waals surface area contributed by atoms with E-state index in [-0.39, 0.29) is 12.0 Å². The second-order valence-electron chi connectivity index (χ2n) is 5.26. The molecule has 0 amide bonds. The molecule has 5 nitrogen and oxygen atoms in total. The summed E-state index contributed by atoms with van der Waals surface area (Å²) in [6, 6.07) is 0.271. The highest BCUT2D eigenvalue weighted by Gasteiger charge is 2.46. The number of carbonyl (C=O) groups is 1. The molecule has 1 aliphatic rings. The maximum Gasteiger partial charge on any atom is 0.326 e. The van der Waals surface area contributed by atoms with Gasteiger partial charge in [-0.3, -0.25) is 9.48 Å². The lowest BCUT2D eigenvalue weighted by atomic mass is 9.97. The van der Waals surface area contributed by atoms with E-state index in [1.807, 2.05) is 24.0 Å². The van der Waals surface area contributed by atoms with Crippen LogP contribution in [0.25, 0.3) is 0 Å². The summed E-state index contributed by atoms with van der Waals surface area (Å²) < 4.78 is 8.39. The third-order valence-corrected chi connectivity index (χ3v) is 4.37. The smallest absolute Gasteiger partial charge is 0.326 e. The standard InChI is InChI=1S/C14H22IN3O2/c1-3-7-16-14(13(19)20-4-2)6-5-12(8-14)18-10-11(15)9-17-18/h9-10,12,16H,3-8H2,1-2H3. The van der Waals surface area contributed by atoms with Gasteiger partial charge in [-0.2, -0.15) is 5.10 Å². The average Bonchev–Trinajstić information content (AvgIpc) is 3.04. The Morgan fingerprint density at radius 2 is 2.45 bits per heavy atom. The summed E-state index contributed by atoms with van der Waals surface area (Å²) in [7, 11) is 0. The number of halogens is 1. The van der Waals surface area contributed by atoms with E-state index in [1.165, 1.54) is 0 Å². The van der Waals surface area contributed by atoms with Gasteiger partial charge in [0, 0.05) is 6.20 Å². The lowest BCUT2D eigenvalue weighted by Gasteiger charge is -2.28. The molecule has 2 unspecified atom stereocenters. The highest BCUT2D eigenvalue weighted by molar-refractivity contribution is 14.1. The minimum absolute atomic E-state index is 0.113. The van der Waals surface area contributed by atoms with Crippen molar-refractivity contribution in [3.8, 4) is 0 Å². The number of nitrogens with zero attached hydrogens (tertiary/aromatic N) is 2. The highest BCUT2D eigenvalue weighted by atomic mass is 127. The number of ether oxygens (including phenoxy) is 1. The van der Waals surface area contributed by atoms with Crippen LogP contribution in [-0.4, -0.2) is 34.4 Å². The van der Waals surface area contributed by atoms with E-state index in [1.54, 1.807) is 0 Å². The molecule has 2 rings (SSSR count). The van der Waals surface area contributed by atoms with Gasteiger partial charge >= 0.3 is 5.97 Å². The quantitative estimate of drug-likeness (QED) is 0.598. The predicted octanol–water partition coefficient (Wildman–Crippen LogP) is 2.51. The van der Waals surface area contributed by atoms with Crippen molar-refractivity contribution < 1.29 is 9.53 Å². The van der Waals surface area contributed by atoms with Gasteiger partial charge in [-0.1, -0.05) is 6.92 Å². The molecule has 0 aromatic carbocycles. The predicted molar refractivity (Wildman–Crippen MR) is 85.5 cm³/mol. The Labute approximate surface area is 133 Å². The van der Waals surface area contributed by atoms with E-state index < -0.39 is 5.54 Å². The van der Waals surface area contributed by atoms with Crippen LogP contribution in [0.3, 0.4) is 0 Å². The van der Waals surface area contributed by atoms with Crippen molar-refractivity contribution in [3.63, 3.8) is 0 Å². The van der Waals surface area contributed by atoms with Crippen LogP contribution in [0.2, 0.25) is 0 Å². The number of hydrogen-bond donors (Lipinski definition) is 1. The number of hydrogen-bond acceptors (Lipinski definition) is 4. The van der Waals surface area contributed by atoms with Crippen molar-refractivity contribution >= 4 is 28.6 Å². The fourth-order valence-corrected chi connectivity index (χ4v) is 3.22. The molecule has 1 aliphatic carbocycles. The van der Waals surface area contributed by atoms with E-state index in [2.05, 4.69) is 39.9 Å². The van der Waals surface area contributed by atoms with Crippen molar-refractivity contribution in [2.24, 2.45) is 0 Å². The van der Waals surface area contributed by atoms with Gasteiger partial charge in [0.1, 0.15) is 5.54 Å². The molecular formula is C14H22IN3O2. The molecule has 0 spiro atoms. The van der Waals surface area contributed by atoms with Gasteiger partial charge in [0.2, 0.25) is 0 Å². The number of aromatic nitrogens is 2. The molecule has 1 aromatic rings. The lowest BCUT2D eigenvalue weighted by molar-refractivity contribution is -0.151. The SMILES string of the molecule is CCCNC1(C(=O)OCC)CCC(n2cc(I)cn2)C1. The Hall–Kier alpha value is -0.630. The zero-order valence-corrected chi connectivity index (χ0v) is 14.2. The molecule has 112 valence electrons. The van der Waals surface area contributed by atoms with Crippen LogP contribution >= 0.6 is 22.6 Å². The topological polar surface area (TPSA) is 56.1 Å². The average molecular weight is 391 g/mol. The van der Waals surface area contributed by atoms with Gasteiger partial charge in [-0.05, 0) is 61.7 Å². The fourth-order valence-electron chi connectivity index (χ4n) is 2.81. The van der Waals surface area contributed by atoms with Gasteiger partial charge < -0.3 is 10.1 Å². The summed E-state index contributed by atoms with van der Waals surface area (Å²) in [6.45, 7) is 5.22. The Balaban J connectivity index is 2.11. The van der Waals surface area contributed by atoms with Crippen molar-refractivity contribution in [2.45, 2.75) is 51.1 Å². The summed E-state index contributed by atoms with van der Waals surface area (Å²) in [5, 5.41) is 7.80. The largest absolute Gasteiger partial charge is 0.465 e. The molecule has 0 bridgehead atoms. The Morgan fingerprint density at radius 3 is 3.05 bits per heavy atom. The maximum atomic E-state index is 12.3. The Kier molecular flexibility index (Phi) is 5.42. The summed E-state index contributed by atoms with van der Waals surface area (Å²) in [4.78, 5) is 12.3. The molecule has 1 fully saturated rings. The lowest BCUT2D eigenvalue weighted by Crippen LogP contribution is -2.51. The van der Waals surface area contributed by atoms with Crippen LogP contribution in [0.15, 0.2) is 12.4 Å². The third-order valence-electron chi connectivity index (χ3n) is 3.81. The third kappa shape index (κ3) is 3.33. The first-order valence-electron chi connectivity index (χ1n) is 7.23. The molecule has 1 saturated carbocycles. The van der Waals surface area contributed by atoms with Gasteiger partial charge in [0.15, 0.2) is 0 Å². The highest BCUT2D eigenvalue weighted by Crippen LogP contribution is 2.38. The van der Waals surface area contributed by atoms with Crippen molar-refractivity contribution in [2.75, 3.05) is 13.2 Å². The second-order valence-corrected chi connectivity index (χ2v) is 6.51. The fraction of sp³-hybridized carbons (Fsp3) is 0.714. The summed E-state index contributed by atoms with van der Waals surface area (Å²) >= 11 is 2.25. The van der Waals surface area contributed by atoms with Crippen LogP contribution in [-0.2, 0) is 9.53 Å². The first kappa shape index (κ1) is 15.8. The monoisotopic (exact) mass is 391 g/mol. The van der Waals surface area contributed by atoms with Crippen molar-refractivity contribution in [1.82, 2.24) is 15.1 Å². The van der Waals surface area contributed by atoms with E-state index in [4.69, 9.17) is 4.74 Å². The zero-order chi connectivity index (χ0) is 14.6. The first-order chi connectivity index (χ1) is 9.61. The number of nitrogens with one attached hydrogen (secondary N) is 1. The number of rotatable bonds is 6.